The number of fused-ring (bicyclic) bond motifs is 1. The highest BCUT2D eigenvalue weighted by Crippen LogP contribution is 2.40. The van der Waals surface area contributed by atoms with Crippen molar-refractivity contribution in [2.75, 3.05) is 0 Å². The van der Waals surface area contributed by atoms with Gasteiger partial charge in [-0.15, -0.1) is 23.7 Å². The smallest absolute Gasteiger partial charge is 0.0432 e. The third-order valence-electron chi connectivity index (χ3n) is 3.63. The standard InChI is InChI=1S/C15H20S/c1-5-6-13-10-11-9-12(15(2,3)4)7-8-14(11)16-13/h1,10,12H,6-9H2,2-4H3. The Morgan fingerprint density at radius 1 is 1.50 bits per heavy atom. The maximum atomic E-state index is 5.37. The molecule has 0 spiro atoms. The van der Waals surface area contributed by atoms with Crippen molar-refractivity contribution in [2.45, 2.75) is 46.5 Å². The predicted octanol–water partition coefficient (Wildman–Crippen LogP) is 4.07. The van der Waals surface area contributed by atoms with Gasteiger partial charge in [0.1, 0.15) is 0 Å². The average Bonchev–Trinajstić information content (AvgIpc) is 2.57. The largest absolute Gasteiger partial charge is 0.144 e. The van der Waals surface area contributed by atoms with Gasteiger partial charge in [0.25, 0.3) is 0 Å². The van der Waals surface area contributed by atoms with Crippen LogP contribution in [0.1, 0.15) is 42.5 Å². The van der Waals surface area contributed by atoms with E-state index in [2.05, 4.69) is 32.8 Å². The van der Waals surface area contributed by atoms with Crippen molar-refractivity contribution >= 4 is 11.3 Å². The fraction of sp³-hybridized carbons (Fsp3) is 0.600. The molecule has 0 fully saturated rings. The van der Waals surface area contributed by atoms with E-state index in [0.29, 0.717) is 5.41 Å². The topological polar surface area (TPSA) is 0 Å². The monoisotopic (exact) mass is 232 g/mol. The van der Waals surface area contributed by atoms with E-state index in [9.17, 15) is 0 Å². The molecule has 1 unspecified atom stereocenters. The van der Waals surface area contributed by atoms with Gasteiger partial charge in [-0.25, -0.2) is 0 Å². The van der Waals surface area contributed by atoms with Gasteiger partial charge in [-0.2, -0.15) is 0 Å². The van der Waals surface area contributed by atoms with Gasteiger partial charge >= 0.3 is 0 Å². The number of rotatable bonds is 1. The molecular weight excluding hydrogens is 212 g/mol. The molecular formula is C15H20S. The lowest BCUT2D eigenvalue weighted by Gasteiger charge is -2.33. The normalized spacial score (nSPS) is 20.2. The Bertz CT molecular complexity index is 412. The van der Waals surface area contributed by atoms with E-state index in [-0.39, 0.29) is 0 Å². The summed E-state index contributed by atoms with van der Waals surface area (Å²) in [6.07, 6.45) is 10.0. The van der Waals surface area contributed by atoms with E-state index in [1.165, 1.54) is 24.1 Å². The molecule has 0 N–H and O–H groups in total. The third-order valence-corrected chi connectivity index (χ3v) is 4.87. The maximum absolute atomic E-state index is 5.37. The predicted molar refractivity (Wildman–Crippen MR) is 71.8 cm³/mol. The summed E-state index contributed by atoms with van der Waals surface area (Å²) >= 11 is 1.93. The first-order valence-corrected chi connectivity index (χ1v) is 6.86. The van der Waals surface area contributed by atoms with Crippen LogP contribution in [0, 0.1) is 23.7 Å². The molecule has 2 rings (SSSR count). The van der Waals surface area contributed by atoms with Crippen molar-refractivity contribution in [3.63, 3.8) is 0 Å². The Hall–Kier alpha value is -0.740. The van der Waals surface area contributed by atoms with Crippen molar-refractivity contribution in [3.8, 4) is 12.3 Å². The summed E-state index contributed by atoms with van der Waals surface area (Å²) in [5, 5.41) is 0. The van der Waals surface area contributed by atoms with Gasteiger partial charge in [-0.1, -0.05) is 20.8 Å². The summed E-state index contributed by atoms with van der Waals surface area (Å²) in [6.45, 7) is 7.08. The summed E-state index contributed by atoms with van der Waals surface area (Å²) < 4.78 is 0. The second kappa shape index (κ2) is 4.26. The molecule has 1 atom stereocenters. The lowest BCUT2D eigenvalue weighted by atomic mass is 9.72. The minimum Gasteiger partial charge on any atom is -0.144 e. The Morgan fingerprint density at radius 3 is 2.88 bits per heavy atom. The quantitative estimate of drug-likeness (QED) is 0.640. The van der Waals surface area contributed by atoms with E-state index < -0.39 is 0 Å². The SMILES string of the molecule is C#CCc1cc2c(s1)CCC(C(C)(C)C)C2. The second-order valence-electron chi connectivity index (χ2n) is 5.85. The summed E-state index contributed by atoms with van der Waals surface area (Å²) in [7, 11) is 0. The van der Waals surface area contributed by atoms with Crippen LogP contribution in [-0.2, 0) is 19.3 Å². The van der Waals surface area contributed by atoms with E-state index in [4.69, 9.17) is 6.42 Å². The van der Waals surface area contributed by atoms with Crippen LogP contribution in [-0.4, -0.2) is 0 Å². The third kappa shape index (κ3) is 2.33. The van der Waals surface area contributed by atoms with Gasteiger partial charge in [0, 0.05) is 16.2 Å². The van der Waals surface area contributed by atoms with Crippen LogP contribution in [0.5, 0.6) is 0 Å². The Balaban J connectivity index is 2.18. The summed E-state index contributed by atoms with van der Waals surface area (Å²) in [4.78, 5) is 2.97. The Labute approximate surface area is 103 Å². The number of hydrogen-bond donors (Lipinski definition) is 0. The summed E-state index contributed by atoms with van der Waals surface area (Å²) in [5.74, 6) is 3.57. The molecule has 1 heteroatoms. The molecule has 0 amide bonds. The number of hydrogen-bond acceptors (Lipinski definition) is 1. The summed E-state index contributed by atoms with van der Waals surface area (Å²) in [5.41, 5.74) is 2.01. The molecule has 1 heterocycles. The highest BCUT2D eigenvalue weighted by atomic mass is 32.1. The fourth-order valence-corrected chi connectivity index (χ4v) is 3.68. The van der Waals surface area contributed by atoms with Gasteiger partial charge < -0.3 is 0 Å². The molecule has 0 saturated carbocycles. The first-order chi connectivity index (χ1) is 7.50. The van der Waals surface area contributed by atoms with Gasteiger partial charge in [0.15, 0.2) is 0 Å². The van der Waals surface area contributed by atoms with Crippen molar-refractivity contribution < 1.29 is 0 Å². The van der Waals surface area contributed by atoms with Crippen molar-refractivity contribution in [3.05, 3.63) is 21.4 Å². The average molecular weight is 232 g/mol. The lowest BCUT2D eigenvalue weighted by molar-refractivity contribution is 0.217. The van der Waals surface area contributed by atoms with Crippen molar-refractivity contribution in [1.29, 1.82) is 0 Å². The molecule has 1 aromatic heterocycles. The van der Waals surface area contributed by atoms with Crippen LogP contribution in [0.3, 0.4) is 0 Å². The number of thiophene rings is 1. The van der Waals surface area contributed by atoms with Crippen LogP contribution >= 0.6 is 11.3 Å². The molecule has 0 saturated heterocycles. The molecule has 86 valence electrons. The highest BCUT2D eigenvalue weighted by molar-refractivity contribution is 7.12. The van der Waals surface area contributed by atoms with Gasteiger partial charge in [-0.05, 0) is 42.2 Å². The molecule has 0 bridgehead atoms. The molecule has 1 aliphatic carbocycles. The number of terminal acetylenes is 1. The maximum Gasteiger partial charge on any atom is 0.0432 e. The van der Waals surface area contributed by atoms with E-state index in [0.717, 1.165) is 12.3 Å². The van der Waals surface area contributed by atoms with Crippen LogP contribution in [0.2, 0.25) is 0 Å². The molecule has 16 heavy (non-hydrogen) atoms. The summed E-state index contributed by atoms with van der Waals surface area (Å²) in [6, 6.07) is 2.34. The minimum absolute atomic E-state index is 0.436. The first kappa shape index (κ1) is 11.7. The van der Waals surface area contributed by atoms with Gasteiger partial charge in [0.05, 0.1) is 0 Å². The molecule has 0 nitrogen and oxygen atoms in total. The highest BCUT2D eigenvalue weighted by Gasteiger charge is 2.29. The van der Waals surface area contributed by atoms with E-state index >= 15 is 0 Å². The fourth-order valence-electron chi connectivity index (χ4n) is 2.51. The molecule has 0 aromatic carbocycles. The second-order valence-corrected chi connectivity index (χ2v) is 7.07. The molecule has 1 aliphatic rings. The van der Waals surface area contributed by atoms with Crippen LogP contribution in [0.4, 0.5) is 0 Å². The zero-order chi connectivity index (χ0) is 11.8. The molecule has 1 aromatic rings. The van der Waals surface area contributed by atoms with Crippen molar-refractivity contribution in [1.82, 2.24) is 0 Å². The van der Waals surface area contributed by atoms with E-state index in [1.54, 1.807) is 10.4 Å². The first-order valence-electron chi connectivity index (χ1n) is 6.04. The van der Waals surface area contributed by atoms with Crippen molar-refractivity contribution in [2.24, 2.45) is 11.3 Å². The zero-order valence-electron chi connectivity index (χ0n) is 10.5. The Morgan fingerprint density at radius 2 is 2.25 bits per heavy atom. The lowest BCUT2D eigenvalue weighted by Crippen LogP contribution is -2.26. The van der Waals surface area contributed by atoms with Gasteiger partial charge in [-0.3, -0.25) is 0 Å². The molecule has 0 radical (unpaired) electrons. The zero-order valence-corrected chi connectivity index (χ0v) is 11.3. The van der Waals surface area contributed by atoms with Crippen LogP contribution in [0.15, 0.2) is 6.07 Å². The van der Waals surface area contributed by atoms with E-state index in [1.807, 2.05) is 11.3 Å². The Kier molecular flexibility index (Phi) is 3.13. The van der Waals surface area contributed by atoms with Gasteiger partial charge in [0.2, 0.25) is 0 Å². The van der Waals surface area contributed by atoms with Crippen LogP contribution < -0.4 is 0 Å². The van der Waals surface area contributed by atoms with Crippen LogP contribution in [0.25, 0.3) is 0 Å². The molecule has 0 aliphatic heterocycles. The minimum atomic E-state index is 0.436. The number of aryl methyl sites for hydroxylation is 1.